The van der Waals surface area contributed by atoms with Gasteiger partial charge in [-0.15, -0.1) is 0 Å². The highest BCUT2D eigenvalue weighted by molar-refractivity contribution is 6.46. The fourth-order valence-electron chi connectivity index (χ4n) is 4.05. The predicted molar refractivity (Wildman–Crippen MR) is 124 cm³/mol. The summed E-state index contributed by atoms with van der Waals surface area (Å²) >= 11 is 6.31. The highest BCUT2D eigenvalue weighted by Gasteiger charge is 2.46. The molecular formula is C24H28ClN3O4. The summed E-state index contributed by atoms with van der Waals surface area (Å²) in [6, 6.07) is 6.15. The topological polar surface area (TPSA) is 83.0 Å². The van der Waals surface area contributed by atoms with Gasteiger partial charge in [0.15, 0.2) is 0 Å². The van der Waals surface area contributed by atoms with Crippen LogP contribution < -0.4 is 4.74 Å². The number of pyridine rings is 1. The largest absolute Gasteiger partial charge is 0.507 e. The van der Waals surface area contributed by atoms with Gasteiger partial charge in [0.25, 0.3) is 11.7 Å². The Balaban J connectivity index is 2.17. The summed E-state index contributed by atoms with van der Waals surface area (Å²) < 4.78 is 5.40. The number of ether oxygens (including phenoxy) is 1. The zero-order valence-corrected chi connectivity index (χ0v) is 19.5. The summed E-state index contributed by atoms with van der Waals surface area (Å²) in [6.07, 6.45) is 3.20. The van der Waals surface area contributed by atoms with Crippen LogP contribution >= 0.6 is 11.6 Å². The number of amides is 1. The molecule has 1 aromatic heterocycles. The molecule has 32 heavy (non-hydrogen) atoms. The molecule has 2 aromatic rings. The van der Waals surface area contributed by atoms with E-state index in [9.17, 15) is 14.7 Å². The van der Waals surface area contributed by atoms with E-state index in [0.29, 0.717) is 23.7 Å². The zero-order valence-electron chi connectivity index (χ0n) is 18.8. The monoisotopic (exact) mass is 457 g/mol. The normalized spacial score (nSPS) is 17.9. The minimum absolute atomic E-state index is 0.0145. The van der Waals surface area contributed by atoms with Gasteiger partial charge in [-0.25, -0.2) is 0 Å². The second-order valence-electron chi connectivity index (χ2n) is 7.63. The van der Waals surface area contributed by atoms with Crippen LogP contribution in [0.3, 0.4) is 0 Å². The van der Waals surface area contributed by atoms with E-state index in [2.05, 4.69) is 9.88 Å². The molecule has 3 rings (SSSR count). The lowest BCUT2D eigenvalue weighted by atomic mass is 9.95. The quantitative estimate of drug-likeness (QED) is 0.368. The van der Waals surface area contributed by atoms with Gasteiger partial charge >= 0.3 is 0 Å². The van der Waals surface area contributed by atoms with Crippen LogP contribution in [0.25, 0.3) is 5.76 Å². The lowest BCUT2D eigenvalue weighted by Crippen LogP contribution is -2.38. The zero-order chi connectivity index (χ0) is 23.4. The Morgan fingerprint density at radius 1 is 1.22 bits per heavy atom. The molecule has 0 bridgehead atoms. The maximum atomic E-state index is 13.2. The first-order valence-electron chi connectivity index (χ1n) is 10.6. The molecule has 1 atom stereocenters. The van der Waals surface area contributed by atoms with Gasteiger partial charge in [0, 0.05) is 25.5 Å². The minimum Gasteiger partial charge on any atom is -0.507 e. The van der Waals surface area contributed by atoms with E-state index < -0.39 is 17.7 Å². The number of likely N-dealkylation sites (N-methyl/N-ethyl adjacent to an activating group) is 1. The minimum atomic E-state index is -0.738. The molecule has 1 unspecified atom stereocenters. The predicted octanol–water partition coefficient (Wildman–Crippen LogP) is 3.82. The number of nitrogens with zero attached hydrogens (tertiary/aromatic N) is 3. The number of halogens is 1. The van der Waals surface area contributed by atoms with Gasteiger partial charge in [0.05, 0.1) is 29.3 Å². The summed E-state index contributed by atoms with van der Waals surface area (Å²) in [4.78, 5) is 33.9. The highest BCUT2D eigenvalue weighted by Crippen LogP contribution is 2.42. The number of aliphatic hydroxyl groups excluding tert-OH is 1. The molecular weight excluding hydrogens is 430 g/mol. The molecule has 1 aliphatic rings. The maximum Gasteiger partial charge on any atom is 0.295 e. The average molecular weight is 458 g/mol. The second kappa shape index (κ2) is 10.1. The van der Waals surface area contributed by atoms with Crippen LogP contribution in [0.5, 0.6) is 5.75 Å². The number of carbonyl (C=O) groups excluding carboxylic acids is 2. The molecule has 0 radical (unpaired) electrons. The molecule has 1 aliphatic heterocycles. The average Bonchev–Trinajstić information content (AvgIpc) is 3.04. The molecule has 7 nitrogen and oxygen atoms in total. The van der Waals surface area contributed by atoms with Crippen LogP contribution in [-0.2, 0) is 9.59 Å². The molecule has 0 saturated carbocycles. The van der Waals surface area contributed by atoms with Crippen molar-refractivity contribution in [3.8, 4) is 5.75 Å². The first-order chi connectivity index (χ1) is 15.3. The summed E-state index contributed by atoms with van der Waals surface area (Å²) in [5.41, 5.74) is 1.77. The third-order valence-corrected chi connectivity index (χ3v) is 6.04. The van der Waals surface area contributed by atoms with Crippen molar-refractivity contribution in [2.24, 2.45) is 0 Å². The molecule has 8 heteroatoms. The lowest BCUT2D eigenvalue weighted by molar-refractivity contribution is -0.140. The van der Waals surface area contributed by atoms with Crippen LogP contribution in [-0.4, -0.2) is 64.9 Å². The van der Waals surface area contributed by atoms with Crippen LogP contribution in [0.1, 0.15) is 36.6 Å². The molecule has 0 aliphatic carbocycles. The molecule has 2 heterocycles. The number of carbonyl (C=O) groups is 2. The lowest BCUT2D eigenvalue weighted by Gasteiger charge is -2.28. The van der Waals surface area contributed by atoms with Gasteiger partial charge in [0.2, 0.25) is 0 Å². The second-order valence-corrected chi connectivity index (χ2v) is 8.03. The summed E-state index contributed by atoms with van der Waals surface area (Å²) in [7, 11) is 1.44. The highest BCUT2D eigenvalue weighted by atomic mass is 35.5. The molecule has 1 fully saturated rings. The number of benzene rings is 1. The number of methoxy groups -OCH3 is 1. The molecule has 1 amide bonds. The van der Waals surface area contributed by atoms with Crippen molar-refractivity contribution in [1.29, 1.82) is 0 Å². The van der Waals surface area contributed by atoms with Crippen LogP contribution in [0.15, 0.2) is 42.2 Å². The Bertz CT molecular complexity index is 1040. The molecule has 0 spiro atoms. The number of rotatable bonds is 8. The third kappa shape index (κ3) is 4.49. The van der Waals surface area contributed by atoms with Crippen molar-refractivity contribution in [3.63, 3.8) is 0 Å². The van der Waals surface area contributed by atoms with Crippen molar-refractivity contribution in [1.82, 2.24) is 14.8 Å². The molecule has 1 aromatic carbocycles. The van der Waals surface area contributed by atoms with Gasteiger partial charge in [-0.3, -0.25) is 14.6 Å². The number of ketones is 1. The van der Waals surface area contributed by atoms with Gasteiger partial charge in [-0.05, 0) is 55.4 Å². The van der Waals surface area contributed by atoms with E-state index in [-0.39, 0.29) is 22.6 Å². The van der Waals surface area contributed by atoms with E-state index >= 15 is 0 Å². The van der Waals surface area contributed by atoms with E-state index in [1.165, 1.54) is 12.0 Å². The molecule has 1 saturated heterocycles. The molecule has 1 N–H and O–H groups in total. The first kappa shape index (κ1) is 23.8. The number of hydrogen-bond donors (Lipinski definition) is 1. The SMILES string of the molecule is CCN(CC)CCN1C(=O)C(=O)/C(=C(/O)c2cc(C)cc(Cl)c2OC)C1c1ccncc1. The summed E-state index contributed by atoms with van der Waals surface area (Å²) in [5.74, 6) is -1.43. The number of aryl methyl sites for hydroxylation is 1. The van der Waals surface area contributed by atoms with Crippen molar-refractivity contribution >= 4 is 29.1 Å². The standard InChI is InChI=1S/C24H28ClN3O4/c1-5-27(6-2)11-12-28-20(16-7-9-26-10-8-16)19(22(30)24(28)31)21(29)17-13-15(3)14-18(25)23(17)32-4/h7-10,13-14,20,29H,5-6,11-12H2,1-4H3/b21-19+. The van der Waals surface area contributed by atoms with Crippen molar-refractivity contribution in [2.45, 2.75) is 26.8 Å². The number of Topliss-reactive ketones (excluding diaryl/α,β-unsaturated/α-hetero) is 1. The summed E-state index contributed by atoms with van der Waals surface area (Å²) in [6.45, 7) is 8.55. The van der Waals surface area contributed by atoms with E-state index in [0.717, 1.165) is 18.7 Å². The van der Waals surface area contributed by atoms with Gasteiger partial charge < -0.3 is 19.6 Å². The van der Waals surface area contributed by atoms with Gasteiger partial charge in [0.1, 0.15) is 11.5 Å². The van der Waals surface area contributed by atoms with Crippen molar-refractivity contribution in [3.05, 3.63) is 63.9 Å². The van der Waals surface area contributed by atoms with E-state index in [4.69, 9.17) is 16.3 Å². The molecule has 170 valence electrons. The number of aliphatic hydroxyl groups is 1. The van der Waals surface area contributed by atoms with E-state index in [1.54, 1.807) is 36.7 Å². The van der Waals surface area contributed by atoms with E-state index in [1.807, 2.05) is 20.8 Å². The Kier molecular flexibility index (Phi) is 7.53. The number of hydrogen-bond acceptors (Lipinski definition) is 6. The number of aromatic nitrogens is 1. The van der Waals surface area contributed by atoms with Gasteiger partial charge in [-0.2, -0.15) is 0 Å². The number of likely N-dealkylation sites (tertiary alicyclic amines) is 1. The summed E-state index contributed by atoms with van der Waals surface area (Å²) in [5, 5.41) is 11.6. The van der Waals surface area contributed by atoms with Crippen molar-refractivity contribution in [2.75, 3.05) is 33.3 Å². The Labute approximate surface area is 193 Å². The van der Waals surface area contributed by atoms with Crippen LogP contribution in [0, 0.1) is 6.92 Å². The Hall–Kier alpha value is -2.90. The maximum absolute atomic E-state index is 13.2. The fourth-order valence-corrected chi connectivity index (χ4v) is 4.40. The van der Waals surface area contributed by atoms with Crippen molar-refractivity contribution < 1.29 is 19.4 Å². The van der Waals surface area contributed by atoms with Crippen LogP contribution in [0.2, 0.25) is 5.02 Å². The fraction of sp³-hybridized carbons (Fsp3) is 0.375. The first-order valence-corrected chi connectivity index (χ1v) is 11.0. The smallest absolute Gasteiger partial charge is 0.295 e. The van der Waals surface area contributed by atoms with Crippen LogP contribution in [0.4, 0.5) is 0 Å². The Morgan fingerprint density at radius 3 is 2.47 bits per heavy atom. The third-order valence-electron chi connectivity index (χ3n) is 5.76. The Morgan fingerprint density at radius 2 is 1.88 bits per heavy atom. The van der Waals surface area contributed by atoms with Gasteiger partial charge in [-0.1, -0.05) is 25.4 Å².